The number of nitrogens with one attached hydrogen (secondary N) is 1. The van der Waals surface area contributed by atoms with Crippen molar-refractivity contribution in [3.8, 4) is 17.2 Å². The molecule has 4 aromatic rings. The molecule has 0 spiro atoms. The summed E-state index contributed by atoms with van der Waals surface area (Å²) >= 11 is 0. The maximum atomic E-state index is 14.4. The van der Waals surface area contributed by atoms with E-state index in [9.17, 15) is 24.6 Å². The third kappa shape index (κ3) is 5.48. The zero-order valence-electron chi connectivity index (χ0n) is 25.6. The molecule has 2 aliphatic rings. The first-order chi connectivity index (χ1) is 22.3. The molecule has 0 radical (unpaired) electrons. The van der Waals surface area contributed by atoms with Gasteiger partial charge in [-0.05, 0) is 42.8 Å². The van der Waals surface area contributed by atoms with E-state index < -0.39 is 36.0 Å². The van der Waals surface area contributed by atoms with Gasteiger partial charge < -0.3 is 39.1 Å². The second-order valence-electron chi connectivity index (χ2n) is 11.3. The first kappa shape index (κ1) is 30.9. The van der Waals surface area contributed by atoms with E-state index in [1.54, 1.807) is 36.4 Å². The molecule has 46 heavy (non-hydrogen) atoms. The first-order valence-electron chi connectivity index (χ1n) is 14.8. The number of furan rings is 1. The van der Waals surface area contributed by atoms with Gasteiger partial charge in [0.05, 0.1) is 32.8 Å². The molecule has 2 amide bonds. The minimum absolute atomic E-state index is 0.0149. The fourth-order valence-corrected chi connectivity index (χ4v) is 6.21. The number of carbonyl (C=O) groups excluding carboxylic acids is 3. The number of carbonyl (C=O) groups is 3. The Kier molecular flexibility index (Phi) is 8.53. The monoisotopic (exact) mass is 626 g/mol. The lowest BCUT2D eigenvalue weighted by molar-refractivity contribution is -0.118. The maximum Gasteiger partial charge on any atom is 0.290 e. The summed E-state index contributed by atoms with van der Waals surface area (Å²) < 4.78 is 23.3. The summed E-state index contributed by atoms with van der Waals surface area (Å²) in [5, 5.41) is 24.8. The average Bonchev–Trinajstić information content (AvgIpc) is 3.69. The van der Waals surface area contributed by atoms with E-state index in [2.05, 4.69) is 5.32 Å². The van der Waals surface area contributed by atoms with Crippen LogP contribution in [-0.4, -0.2) is 78.8 Å². The molecule has 1 aliphatic carbocycles. The molecule has 0 saturated heterocycles. The molecule has 3 N–H and O–H groups in total. The number of benzene rings is 3. The van der Waals surface area contributed by atoms with Crippen LogP contribution in [0.4, 0.5) is 0 Å². The third-order valence-electron chi connectivity index (χ3n) is 8.44. The number of nitrogens with zero attached hydrogens (tertiary/aromatic N) is 1. The van der Waals surface area contributed by atoms with Crippen molar-refractivity contribution in [2.75, 3.05) is 27.4 Å². The fraction of sp³-hybridized carbons (Fsp3) is 0.286. The molecule has 11 heteroatoms. The van der Waals surface area contributed by atoms with Crippen LogP contribution in [0.2, 0.25) is 0 Å². The fourth-order valence-electron chi connectivity index (χ4n) is 6.21. The zero-order chi connectivity index (χ0) is 32.5. The Morgan fingerprint density at radius 1 is 1.04 bits per heavy atom. The molecular formula is C35H34N2O9. The van der Waals surface area contributed by atoms with Crippen LogP contribution in [0.5, 0.6) is 17.2 Å². The first-order valence-corrected chi connectivity index (χ1v) is 14.8. The lowest BCUT2D eigenvalue weighted by Gasteiger charge is -2.40. The largest absolute Gasteiger partial charge is 0.493 e. The molecule has 238 valence electrons. The molecule has 4 atom stereocenters. The van der Waals surface area contributed by atoms with Crippen LogP contribution >= 0.6 is 0 Å². The minimum atomic E-state index is -1.32. The summed E-state index contributed by atoms with van der Waals surface area (Å²) in [5.74, 6) is -0.769. The number of aliphatic hydroxyl groups is 2. The van der Waals surface area contributed by atoms with Gasteiger partial charge in [0.25, 0.3) is 5.91 Å². The molecule has 11 nitrogen and oxygen atoms in total. The van der Waals surface area contributed by atoms with Crippen LogP contribution in [0.1, 0.15) is 43.5 Å². The Morgan fingerprint density at radius 3 is 2.50 bits per heavy atom. The molecule has 0 fully saturated rings. The number of aliphatic hydroxyl groups excluding tert-OH is 2. The highest BCUT2D eigenvalue weighted by Crippen LogP contribution is 2.51. The van der Waals surface area contributed by atoms with Crippen molar-refractivity contribution in [1.82, 2.24) is 10.2 Å². The van der Waals surface area contributed by atoms with Gasteiger partial charge >= 0.3 is 0 Å². The van der Waals surface area contributed by atoms with Crippen LogP contribution in [0.3, 0.4) is 0 Å². The van der Waals surface area contributed by atoms with Crippen molar-refractivity contribution in [2.24, 2.45) is 0 Å². The van der Waals surface area contributed by atoms with Crippen LogP contribution in [-0.2, 0) is 11.3 Å². The third-order valence-corrected chi connectivity index (χ3v) is 8.44. The minimum Gasteiger partial charge on any atom is -0.493 e. The van der Waals surface area contributed by atoms with Crippen LogP contribution in [0.15, 0.2) is 76.7 Å². The number of aryl methyl sites for hydroxylation is 1. The Labute approximate surface area is 265 Å². The second kappa shape index (κ2) is 12.7. The lowest BCUT2D eigenvalue weighted by atomic mass is 9.77. The summed E-state index contributed by atoms with van der Waals surface area (Å²) in [6, 6.07) is 16.6. The number of methoxy groups -OCH3 is 2. The molecule has 1 aliphatic heterocycles. The van der Waals surface area contributed by atoms with E-state index >= 15 is 0 Å². The van der Waals surface area contributed by atoms with Gasteiger partial charge in [-0.25, -0.2) is 0 Å². The smallest absolute Gasteiger partial charge is 0.290 e. The number of hydrogen-bond acceptors (Lipinski definition) is 9. The van der Waals surface area contributed by atoms with Crippen molar-refractivity contribution in [3.63, 3.8) is 0 Å². The van der Waals surface area contributed by atoms with Gasteiger partial charge in [0.2, 0.25) is 5.91 Å². The summed E-state index contributed by atoms with van der Waals surface area (Å²) in [6.45, 7) is 1.72. The van der Waals surface area contributed by atoms with Gasteiger partial charge in [0, 0.05) is 35.2 Å². The number of amides is 2. The quantitative estimate of drug-likeness (QED) is 0.225. The van der Waals surface area contributed by atoms with Crippen molar-refractivity contribution in [1.29, 1.82) is 0 Å². The van der Waals surface area contributed by atoms with Gasteiger partial charge in [-0.2, -0.15) is 0 Å². The summed E-state index contributed by atoms with van der Waals surface area (Å²) in [4.78, 5) is 41.3. The number of ether oxygens (including phenoxy) is 3. The number of hydrogen-bond donors (Lipinski definition) is 3. The van der Waals surface area contributed by atoms with Crippen LogP contribution in [0, 0.1) is 6.92 Å². The van der Waals surface area contributed by atoms with E-state index in [1.807, 2.05) is 31.2 Å². The molecule has 2 heterocycles. The highest BCUT2D eigenvalue weighted by molar-refractivity contribution is 5.99. The van der Waals surface area contributed by atoms with E-state index in [0.29, 0.717) is 39.9 Å². The number of para-hydroxylation sites is 1. The molecular weight excluding hydrogens is 592 g/mol. The lowest BCUT2D eigenvalue weighted by Crippen LogP contribution is -2.55. The number of aldehydes is 1. The standard InChI is InChI=1S/C35H34N2O9/c1-19-7-9-20(10-8-19)17-37(35(42)28-15-22-5-4-6-26(43-2)31(22)45-28)25-16-24(34(41)36-11-12-38)29-23-13-21(18-39)14-27(44-3)32(23)46-33(29)30(25)40/h4-10,13-16,18,25,29-30,33,38,40H,11-12,17H2,1-3H3,(H,36,41)/t25-,29+,30+,33+/m1/s1. The van der Waals surface area contributed by atoms with E-state index in [-0.39, 0.29) is 36.8 Å². The number of fused-ring (bicyclic) bond motifs is 4. The van der Waals surface area contributed by atoms with Gasteiger partial charge in [0.15, 0.2) is 28.6 Å². The molecule has 3 aromatic carbocycles. The van der Waals surface area contributed by atoms with Crippen molar-refractivity contribution in [2.45, 2.75) is 37.6 Å². The van der Waals surface area contributed by atoms with Gasteiger partial charge in [-0.15, -0.1) is 0 Å². The molecule has 0 bridgehead atoms. The Balaban J connectivity index is 1.48. The predicted octanol–water partition coefficient (Wildman–Crippen LogP) is 3.54. The van der Waals surface area contributed by atoms with Crippen LogP contribution in [0.25, 0.3) is 11.0 Å². The van der Waals surface area contributed by atoms with E-state index in [0.717, 1.165) is 11.1 Å². The average molecular weight is 627 g/mol. The van der Waals surface area contributed by atoms with Crippen molar-refractivity contribution >= 4 is 29.1 Å². The topological polar surface area (TPSA) is 148 Å². The van der Waals surface area contributed by atoms with E-state index in [4.69, 9.17) is 18.6 Å². The Bertz CT molecular complexity index is 1830. The van der Waals surface area contributed by atoms with Gasteiger partial charge in [0.1, 0.15) is 18.5 Å². The highest BCUT2D eigenvalue weighted by Gasteiger charge is 2.51. The van der Waals surface area contributed by atoms with Crippen molar-refractivity contribution in [3.05, 3.63) is 100 Å². The molecule has 1 aromatic heterocycles. The zero-order valence-corrected chi connectivity index (χ0v) is 25.6. The summed E-state index contributed by atoms with van der Waals surface area (Å²) in [6.07, 6.45) is -0.103. The summed E-state index contributed by atoms with van der Waals surface area (Å²) in [7, 11) is 2.95. The Hall–Kier alpha value is -5.13. The Morgan fingerprint density at radius 2 is 1.80 bits per heavy atom. The highest BCUT2D eigenvalue weighted by atomic mass is 16.5. The molecule has 0 saturated carbocycles. The van der Waals surface area contributed by atoms with E-state index in [1.165, 1.54) is 25.2 Å². The second-order valence-corrected chi connectivity index (χ2v) is 11.3. The maximum absolute atomic E-state index is 14.4. The predicted molar refractivity (Wildman–Crippen MR) is 167 cm³/mol. The van der Waals surface area contributed by atoms with Gasteiger partial charge in [-0.3, -0.25) is 14.4 Å². The van der Waals surface area contributed by atoms with Crippen LogP contribution < -0.4 is 19.5 Å². The normalized spacial score (nSPS) is 19.8. The summed E-state index contributed by atoms with van der Waals surface area (Å²) in [5.41, 5.74) is 3.24. The SMILES string of the molecule is COc1cc(C=O)cc2c1O[C@@H]1[C@@H](O)[C@H](N(Cc3ccc(C)cc3)C(=O)c3cc4cccc(OC)c4o3)C=C(C(=O)NCCO)[C@H]21. The molecule has 6 rings (SSSR count). The van der Waals surface area contributed by atoms with Crippen molar-refractivity contribution < 1.29 is 43.2 Å². The van der Waals surface area contributed by atoms with Gasteiger partial charge in [-0.1, -0.05) is 42.0 Å². The molecule has 0 unspecified atom stereocenters. The number of rotatable bonds is 10.